The highest BCUT2D eigenvalue weighted by Crippen LogP contribution is 2.46. The third kappa shape index (κ3) is 3.19. The van der Waals surface area contributed by atoms with Crippen molar-refractivity contribution >= 4 is 34.2 Å². The van der Waals surface area contributed by atoms with Crippen LogP contribution in [0.25, 0.3) is 0 Å². The van der Waals surface area contributed by atoms with Crippen molar-refractivity contribution in [2.24, 2.45) is 5.92 Å². The Morgan fingerprint density at radius 3 is 2.59 bits per heavy atom. The molecule has 1 atom stereocenters. The van der Waals surface area contributed by atoms with Crippen molar-refractivity contribution in [2.45, 2.75) is 31.1 Å². The van der Waals surface area contributed by atoms with Crippen LogP contribution in [0.3, 0.4) is 0 Å². The average Bonchev–Trinajstić information content (AvgIpc) is 2.88. The van der Waals surface area contributed by atoms with E-state index in [1.54, 1.807) is 0 Å². The first-order valence-corrected chi connectivity index (χ1v) is 8.65. The molecule has 1 heterocycles. The molecule has 2 aliphatic rings. The zero-order chi connectivity index (χ0) is 14.9. The molecule has 1 aliphatic heterocycles. The van der Waals surface area contributed by atoms with Gasteiger partial charge in [-0.2, -0.15) is 0 Å². The van der Waals surface area contributed by atoms with Gasteiger partial charge in [-0.15, -0.1) is 12.4 Å². The van der Waals surface area contributed by atoms with Crippen LogP contribution in [0.4, 0.5) is 0 Å². The number of halogens is 2. The number of hydrogen-bond donors (Lipinski definition) is 1. The molecule has 0 radical (unpaired) electrons. The molecule has 1 N–H and O–H groups in total. The van der Waals surface area contributed by atoms with Crippen LogP contribution in [0, 0.1) is 5.92 Å². The standard InChI is InChI=1S/C17H23BrN2O.ClH/c1-19-11-13-7-10-20(12-13)16(21)17(8-2-9-17)14-3-5-15(18)6-4-14;/h3-6,13,19H,2,7-12H2,1H3;1H. The van der Waals surface area contributed by atoms with Gasteiger partial charge in [0.15, 0.2) is 0 Å². The summed E-state index contributed by atoms with van der Waals surface area (Å²) in [6.45, 7) is 2.84. The van der Waals surface area contributed by atoms with E-state index in [4.69, 9.17) is 0 Å². The maximum Gasteiger partial charge on any atom is 0.233 e. The third-order valence-corrected chi connectivity index (χ3v) is 5.61. The van der Waals surface area contributed by atoms with Gasteiger partial charge in [-0.1, -0.05) is 34.5 Å². The molecule has 1 aliphatic carbocycles. The summed E-state index contributed by atoms with van der Waals surface area (Å²) in [6.07, 6.45) is 4.29. The van der Waals surface area contributed by atoms with Crippen molar-refractivity contribution < 1.29 is 4.79 Å². The molecule has 3 nitrogen and oxygen atoms in total. The number of carbonyl (C=O) groups is 1. The number of carbonyl (C=O) groups excluding carboxylic acids is 1. The molecule has 2 fully saturated rings. The fourth-order valence-electron chi connectivity index (χ4n) is 3.70. The minimum atomic E-state index is -0.241. The molecule has 122 valence electrons. The molecule has 5 heteroatoms. The second-order valence-corrected chi connectivity index (χ2v) is 7.32. The lowest BCUT2D eigenvalue weighted by atomic mass is 9.63. The zero-order valence-corrected chi connectivity index (χ0v) is 15.4. The van der Waals surface area contributed by atoms with Crippen LogP contribution in [0.1, 0.15) is 31.2 Å². The lowest BCUT2D eigenvalue weighted by molar-refractivity contribution is -0.140. The molecule has 22 heavy (non-hydrogen) atoms. The zero-order valence-electron chi connectivity index (χ0n) is 13.0. The van der Waals surface area contributed by atoms with E-state index in [2.05, 4.69) is 50.4 Å². The maximum atomic E-state index is 13.1. The number of nitrogens with zero attached hydrogens (tertiary/aromatic N) is 1. The molecule has 3 rings (SSSR count). The molecular formula is C17H24BrClN2O. The summed E-state index contributed by atoms with van der Waals surface area (Å²) in [5, 5.41) is 3.23. The Kier molecular flexibility index (Phi) is 5.92. The normalized spacial score (nSPS) is 22.8. The Balaban J connectivity index is 0.00000176. The molecule has 1 saturated carbocycles. The molecule has 1 aromatic carbocycles. The molecule has 0 bridgehead atoms. The maximum absolute atomic E-state index is 13.1. The van der Waals surface area contributed by atoms with Crippen LogP contribution in [-0.2, 0) is 10.2 Å². The second-order valence-electron chi connectivity index (χ2n) is 6.41. The van der Waals surface area contributed by atoms with Crippen LogP contribution >= 0.6 is 28.3 Å². The molecule has 0 spiro atoms. The fraction of sp³-hybridized carbons (Fsp3) is 0.588. The summed E-state index contributed by atoms with van der Waals surface area (Å²) >= 11 is 3.48. The van der Waals surface area contributed by atoms with Crippen LogP contribution in [-0.4, -0.2) is 37.5 Å². The smallest absolute Gasteiger partial charge is 0.233 e. The van der Waals surface area contributed by atoms with E-state index >= 15 is 0 Å². The Labute approximate surface area is 147 Å². The number of rotatable bonds is 4. The van der Waals surface area contributed by atoms with E-state index in [1.165, 1.54) is 5.56 Å². The highest BCUT2D eigenvalue weighted by Gasteiger charge is 2.48. The lowest BCUT2D eigenvalue weighted by Gasteiger charge is -2.43. The second kappa shape index (κ2) is 7.33. The Bertz CT molecular complexity index is 516. The number of amides is 1. The van der Waals surface area contributed by atoms with Crippen molar-refractivity contribution in [2.75, 3.05) is 26.7 Å². The Morgan fingerprint density at radius 1 is 1.36 bits per heavy atom. The van der Waals surface area contributed by atoms with Gasteiger partial charge in [0.25, 0.3) is 0 Å². The van der Waals surface area contributed by atoms with Gasteiger partial charge in [-0.05, 0) is 56.5 Å². The quantitative estimate of drug-likeness (QED) is 0.859. The van der Waals surface area contributed by atoms with Crippen molar-refractivity contribution in [1.82, 2.24) is 10.2 Å². The number of likely N-dealkylation sites (tertiary alicyclic amines) is 1. The summed E-state index contributed by atoms with van der Waals surface area (Å²) in [7, 11) is 1.99. The topological polar surface area (TPSA) is 32.3 Å². The van der Waals surface area contributed by atoms with Gasteiger partial charge in [0.1, 0.15) is 0 Å². The average molecular weight is 388 g/mol. The van der Waals surface area contributed by atoms with Crippen LogP contribution < -0.4 is 5.32 Å². The van der Waals surface area contributed by atoms with E-state index in [9.17, 15) is 4.79 Å². The summed E-state index contributed by atoms with van der Waals surface area (Å²) < 4.78 is 1.07. The van der Waals surface area contributed by atoms with Gasteiger partial charge in [0.2, 0.25) is 5.91 Å². The van der Waals surface area contributed by atoms with E-state index in [1.807, 2.05) is 7.05 Å². The molecule has 0 aromatic heterocycles. The van der Waals surface area contributed by atoms with Crippen LogP contribution in [0.5, 0.6) is 0 Å². The van der Waals surface area contributed by atoms with Gasteiger partial charge in [-0.25, -0.2) is 0 Å². The van der Waals surface area contributed by atoms with E-state index in [0.717, 1.165) is 49.8 Å². The number of nitrogens with one attached hydrogen (secondary N) is 1. The summed E-state index contributed by atoms with van der Waals surface area (Å²) in [4.78, 5) is 15.2. The first-order chi connectivity index (χ1) is 10.2. The van der Waals surface area contributed by atoms with Gasteiger partial charge in [-0.3, -0.25) is 4.79 Å². The van der Waals surface area contributed by atoms with Gasteiger partial charge in [0, 0.05) is 17.6 Å². The van der Waals surface area contributed by atoms with Gasteiger partial charge < -0.3 is 10.2 Å². The number of benzene rings is 1. The summed E-state index contributed by atoms with van der Waals surface area (Å²) in [5.74, 6) is 0.968. The summed E-state index contributed by atoms with van der Waals surface area (Å²) in [6, 6.07) is 8.33. The molecule has 1 unspecified atom stereocenters. The van der Waals surface area contributed by atoms with Gasteiger partial charge >= 0.3 is 0 Å². The SMILES string of the molecule is CNCC1CCN(C(=O)C2(c3ccc(Br)cc3)CCC2)C1.Cl. The van der Waals surface area contributed by atoms with Crippen molar-refractivity contribution in [3.8, 4) is 0 Å². The third-order valence-electron chi connectivity index (χ3n) is 5.08. The minimum absolute atomic E-state index is 0. The van der Waals surface area contributed by atoms with E-state index < -0.39 is 0 Å². The van der Waals surface area contributed by atoms with Gasteiger partial charge in [0.05, 0.1) is 5.41 Å². The van der Waals surface area contributed by atoms with Crippen LogP contribution in [0.15, 0.2) is 28.7 Å². The molecule has 1 amide bonds. The lowest BCUT2D eigenvalue weighted by Crippen LogP contribution is -2.50. The van der Waals surface area contributed by atoms with E-state index in [0.29, 0.717) is 11.8 Å². The largest absolute Gasteiger partial charge is 0.342 e. The first-order valence-electron chi connectivity index (χ1n) is 7.86. The summed E-state index contributed by atoms with van der Waals surface area (Å²) in [5.41, 5.74) is 0.953. The Hall–Kier alpha value is -0.580. The first kappa shape index (κ1) is 17.8. The fourth-order valence-corrected chi connectivity index (χ4v) is 3.96. The minimum Gasteiger partial charge on any atom is -0.342 e. The highest BCUT2D eigenvalue weighted by molar-refractivity contribution is 9.10. The molecular weight excluding hydrogens is 364 g/mol. The molecule has 1 saturated heterocycles. The predicted molar refractivity (Wildman–Crippen MR) is 95.5 cm³/mol. The van der Waals surface area contributed by atoms with Crippen molar-refractivity contribution in [1.29, 1.82) is 0 Å². The van der Waals surface area contributed by atoms with Crippen molar-refractivity contribution in [3.63, 3.8) is 0 Å². The highest BCUT2D eigenvalue weighted by atomic mass is 79.9. The number of hydrogen-bond acceptors (Lipinski definition) is 2. The van der Waals surface area contributed by atoms with E-state index in [-0.39, 0.29) is 17.8 Å². The monoisotopic (exact) mass is 386 g/mol. The van der Waals surface area contributed by atoms with Crippen molar-refractivity contribution in [3.05, 3.63) is 34.3 Å². The molecule has 1 aromatic rings. The Morgan fingerprint density at radius 2 is 2.05 bits per heavy atom. The van der Waals surface area contributed by atoms with Crippen LogP contribution in [0.2, 0.25) is 0 Å². The predicted octanol–water partition coefficient (Wildman–Crippen LogP) is 3.36.